The van der Waals surface area contributed by atoms with Crippen LogP contribution in [0.2, 0.25) is 0 Å². The van der Waals surface area contributed by atoms with Crippen LogP contribution in [0.15, 0.2) is 48.5 Å². The van der Waals surface area contributed by atoms with Gasteiger partial charge in [-0.15, -0.1) is 0 Å². The first-order chi connectivity index (χ1) is 13.4. The largest absolute Gasteiger partial charge is 0.421 e. The van der Waals surface area contributed by atoms with Crippen LogP contribution in [0.4, 0.5) is 15.8 Å². The fourth-order valence-corrected chi connectivity index (χ4v) is 2.54. The number of anilines is 1. The minimum Gasteiger partial charge on any atom is -0.421 e. The number of halogens is 1. The smallest absolute Gasteiger partial charge is 0.322 e. The molecule has 0 fully saturated rings. The summed E-state index contributed by atoms with van der Waals surface area (Å²) in [4.78, 5) is 31.2. The number of nitro groups is 1. The first kappa shape index (κ1) is 18.9. The number of aryl methyl sites for hydroxylation is 2. The Morgan fingerprint density at radius 1 is 1.07 bits per heavy atom. The molecule has 0 spiro atoms. The molecule has 2 aromatic carbocycles. The number of nitrogens with zero attached hydrogens (tertiary/aromatic N) is 3. The lowest BCUT2D eigenvalue weighted by Crippen LogP contribution is -2.16. The summed E-state index contributed by atoms with van der Waals surface area (Å²) in [5.74, 6) is -1.25. The van der Waals surface area contributed by atoms with E-state index < -0.39 is 16.6 Å². The van der Waals surface area contributed by atoms with Crippen molar-refractivity contribution >= 4 is 17.3 Å². The van der Waals surface area contributed by atoms with Crippen LogP contribution < -0.4 is 10.1 Å². The van der Waals surface area contributed by atoms with Gasteiger partial charge in [0.2, 0.25) is 0 Å². The Bertz CT molecular complexity index is 1050. The van der Waals surface area contributed by atoms with Crippen LogP contribution in [0.5, 0.6) is 11.8 Å². The third-order valence-corrected chi connectivity index (χ3v) is 3.87. The number of carbonyl (C=O) groups excluding carboxylic acids is 1. The van der Waals surface area contributed by atoms with Crippen molar-refractivity contribution in [1.29, 1.82) is 0 Å². The summed E-state index contributed by atoms with van der Waals surface area (Å²) in [6, 6.07) is 11.4. The Kier molecular flexibility index (Phi) is 5.25. The van der Waals surface area contributed by atoms with Crippen molar-refractivity contribution < 1.29 is 18.8 Å². The molecule has 0 aliphatic carbocycles. The Morgan fingerprint density at radius 3 is 2.32 bits per heavy atom. The average molecular weight is 382 g/mol. The molecule has 1 amide bonds. The number of ether oxygens (including phenoxy) is 1. The predicted molar refractivity (Wildman–Crippen MR) is 99.0 cm³/mol. The van der Waals surface area contributed by atoms with E-state index in [-0.39, 0.29) is 23.0 Å². The van der Waals surface area contributed by atoms with Crippen LogP contribution in [0.1, 0.15) is 21.7 Å². The number of hydrogen-bond donors (Lipinski definition) is 1. The summed E-state index contributed by atoms with van der Waals surface area (Å²) in [6.45, 7) is 3.22. The molecule has 8 nitrogen and oxygen atoms in total. The molecule has 9 heteroatoms. The molecule has 0 radical (unpaired) electrons. The summed E-state index contributed by atoms with van der Waals surface area (Å²) in [5, 5.41) is 13.7. The molecule has 28 heavy (non-hydrogen) atoms. The molecular weight excluding hydrogens is 367 g/mol. The summed E-state index contributed by atoms with van der Waals surface area (Å²) in [5.41, 5.74) is 0.634. The van der Waals surface area contributed by atoms with Crippen molar-refractivity contribution in [2.45, 2.75) is 13.8 Å². The van der Waals surface area contributed by atoms with E-state index in [1.165, 1.54) is 42.5 Å². The zero-order chi connectivity index (χ0) is 20.3. The molecule has 3 rings (SSSR count). The molecule has 0 aliphatic heterocycles. The third-order valence-electron chi connectivity index (χ3n) is 3.87. The highest BCUT2D eigenvalue weighted by Gasteiger charge is 2.21. The lowest BCUT2D eigenvalue weighted by molar-refractivity contribution is -0.385. The van der Waals surface area contributed by atoms with Gasteiger partial charge in [0.05, 0.1) is 22.0 Å². The molecule has 0 unspecified atom stereocenters. The number of amides is 1. The topological polar surface area (TPSA) is 107 Å². The first-order valence-electron chi connectivity index (χ1n) is 8.19. The SMILES string of the molecule is Cc1nc(Oc2ccccc2F)nc(C)c1NC(=O)c1ccccc1[N+](=O)[O-]. The quantitative estimate of drug-likeness (QED) is 0.524. The zero-order valence-corrected chi connectivity index (χ0v) is 15.0. The maximum atomic E-state index is 13.7. The van der Waals surface area contributed by atoms with Gasteiger partial charge in [0.25, 0.3) is 11.6 Å². The average Bonchev–Trinajstić information content (AvgIpc) is 2.66. The second-order valence-electron chi connectivity index (χ2n) is 5.81. The molecule has 0 saturated heterocycles. The zero-order valence-electron chi connectivity index (χ0n) is 15.0. The van der Waals surface area contributed by atoms with E-state index in [1.54, 1.807) is 19.9 Å². The minimum absolute atomic E-state index is 0.0296. The molecule has 1 aromatic heterocycles. The number of carbonyl (C=O) groups is 1. The van der Waals surface area contributed by atoms with Gasteiger partial charge in [-0.1, -0.05) is 24.3 Å². The lowest BCUT2D eigenvalue weighted by Gasteiger charge is -2.12. The molecule has 0 saturated carbocycles. The second kappa shape index (κ2) is 7.78. The lowest BCUT2D eigenvalue weighted by atomic mass is 10.1. The van der Waals surface area contributed by atoms with Crippen molar-refractivity contribution in [3.63, 3.8) is 0 Å². The second-order valence-corrected chi connectivity index (χ2v) is 5.81. The summed E-state index contributed by atoms with van der Waals surface area (Å²) >= 11 is 0. The van der Waals surface area contributed by atoms with E-state index in [1.807, 2.05) is 0 Å². The van der Waals surface area contributed by atoms with E-state index in [0.29, 0.717) is 17.1 Å². The van der Waals surface area contributed by atoms with Crippen molar-refractivity contribution in [2.75, 3.05) is 5.32 Å². The highest BCUT2D eigenvalue weighted by Crippen LogP contribution is 2.26. The van der Waals surface area contributed by atoms with Gasteiger partial charge in [-0.25, -0.2) is 4.39 Å². The molecule has 1 heterocycles. The number of nitrogens with one attached hydrogen (secondary N) is 1. The fraction of sp³-hybridized carbons (Fsp3) is 0.105. The molecule has 0 aliphatic rings. The maximum Gasteiger partial charge on any atom is 0.322 e. The Morgan fingerprint density at radius 2 is 1.68 bits per heavy atom. The van der Waals surface area contributed by atoms with Crippen molar-refractivity contribution in [3.8, 4) is 11.8 Å². The monoisotopic (exact) mass is 382 g/mol. The molecular formula is C19H15FN4O4. The van der Waals surface area contributed by atoms with Gasteiger partial charge in [-0.05, 0) is 32.0 Å². The fourth-order valence-electron chi connectivity index (χ4n) is 2.54. The van der Waals surface area contributed by atoms with Gasteiger partial charge < -0.3 is 10.1 Å². The molecule has 0 atom stereocenters. The predicted octanol–water partition coefficient (Wildman–Crippen LogP) is 4.19. The molecule has 142 valence electrons. The number of para-hydroxylation sites is 2. The van der Waals surface area contributed by atoms with Gasteiger partial charge in [0.15, 0.2) is 11.6 Å². The van der Waals surface area contributed by atoms with Crippen molar-refractivity contribution in [1.82, 2.24) is 9.97 Å². The Labute approximate surface area is 159 Å². The summed E-state index contributed by atoms with van der Waals surface area (Å²) in [7, 11) is 0. The Hall–Kier alpha value is -3.88. The van der Waals surface area contributed by atoms with Gasteiger partial charge in [-0.2, -0.15) is 9.97 Å². The van der Waals surface area contributed by atoms with Crippen LogP contribution in [-0.2, 0) is 0 Å². The van der Waals surface area contributed by atoms with Crippen molar-refractivity contribution in [2.24, 2.45) is 0 Å². The number of hydrogen-bond acceptors (Lipinski definition) is 6. The number of rotatable bonds is 5. The normalized spacial score (nSPS) is 10.4. The Balaban J connectivity index is 1.87. The van der Waals surface area contributed by atoms with E-state index in [9.17, 15) is 19.3 Å². The van der Waals surface area contributed by atoms with Gasteiger partial charge in [0, 0.05) is 6.07 Å². The number of nitro benzene ring substituents is 1. The van der Waals surface area contributed by atoms with Crippen LogP contribution in [0.3, 0.4) is 0 Å². The molecule has 1 N–H and O–H groups in total. The van der Waals surface area contributed by atoms with Crippen LogP contribution in [-0.4, -0.2) is 20.8 Å². The third kappa shape index (κ3) is 3.93. The van der Waals surface area contributed by atoms with E-state index in [4.69, 9.17) is 4.74 Å². The van der Waals surface area contributed by atoms with Gasteiger partial charge in [-0.3, -0.25) is 14.9 Å². The van der Waals surface area contributed by atoms with Crippen LogP contribution >= 0.6 is 0 Å². The minimum atomic E-state index is -0.662. The van der Waals surface area contributed by atoms with Gasteiger partial charge in [0.1, 0.15) is 5.56 Å². The van der Waals surface area contributed by atoms with Crippen molar-refractivity contribution in [3.05, 3.63) is 81.4 Å². The maximum absolute atomic E-state index is 13.7. The number of benzene rings is 2. The summed E-state index contributed by atoms with van der Waals surface area (Å²) in [6.07, 6.45) is 0. The number of aromatic nitrogens is 2. The first-order valence-corrected chi connectivity index (χ1v) is 8.19. The van der Waals surface area contributed by atoms with E-state index in [0.717, 1.165) is 0 Å². The standard InChI is InChI=1S/C19H15FN4O4/c1-11-17(23-18(25)13-7-3-5-9-15(13)24(26)27)12(2)22-19(21-11)28-16-10-6-4-8-14(16)20/h3-10H,1-2H3,(H,23,25). The van der Waals surface area contributed by atoms with E-state index in [2.05, 4.69) is 15.3 Å². The van der Waals surface area contributed by atoms with Crippen LogP contribution in [0.25, 0.3) is 0 Å². The van der Waals surface area contributed by atoms with E-state index >= 15 is 0 Å². The van der Waals surface area contributed by atoms with Gasteiger partial charge >= 0.3 is 6.01 Å². The molecule has 3 aromatic rings. The summed E-state index contributed by atoms with van der Waals surface area (Å²) < 4.78 is 19.1. The van der Waals surface area contributed by atoms with Crippen LogP contribution in [0, 0.1) is 29.8 Å². The highest BCUT2D eigenvalue weighted by atomic mass is 19.1. The molecule has 0 bridgehead atoms. The highest BCUT2D eigenvalue weighted by molar-refractivity contribution is 6.07.